The average molecular weight is 206 g/mol. The van der Waals surface area contributed by atoms with Crippen LogP contribution >= 0.6 is 0 Å². The van der Waals surface area contributed by atoms with Gasteiger partial charge in [0.05, 0.1) is 0 Å². The summed E-state index contributed by atoms with van der Waals surface area (Å²) in [5.74, 6) is 0.712. The summed E-state index contributed by atoms with van der Waals surface area (Å²) >= 11 is 0. The molecule has 0 aliphatic heterocycles. The van der Waals surface area contributed by atoms with Gasteiger partial charge in [-0.25, -0.2) is 0 Å². The Hall–Kier alpha value is -0.820. The number of hydrogen-bond donors (Lipinski definition) is 1. The number of rotatable bonds is 6. The molecule has 0 aromatic heterocycles. The molecule has 84 valence electrons. The summed E-state index contributed by atoms with van der Waals surface area (Å²) in [6.45, 7) is 4.82. The second kappa shape index (κ2) is 6.62. The highest BCUT2D eigenvalue weighted by atomic mass is 16.2. The number of hydrogen-bond acceptors (Lipinski definition) is 1. The van der Waals surface area contributed by atoms with Crippen molar-refractivity contribution in [1.29, 1.82) is 0 Å². The molecule has 1 N–H and O–H groups in total. The monoisotopic (exact) mass is 206 g/mol. The Morgan fingerprint density at radius 1 is 1.07 bits per heavy atom. The molecule has 15 heavy (non-hydrogen) atoms. The van der Waals surface area contributed by atoms with E-state index in [1.54, 1.807) is 0 Å². The highest BCUT2D eigenvalue weighted by Crippen LogP contribution is 2.15. The first-order valence-corrected chi connectivity index (χ1v) is 5.91. The summed E-state index contributed by atoms with van der Waals surface area (Å²) in [6.07, 6.45) is 4.26. The molecule has 0 fully saturated rings. The van der Waals surface area contributed by atoms with Gasteiger partial charge in [0.15, 0.2) is 0 Å². The lowest BCUT2D eigenvalue weighted by atomic mass is 9.95. The predicted molar refractivity (Wildman–Crippen MR) is 65.0 cm³/mol. The van der Waals surface area contributed by atoms with E-state index in [0.717, 1.165) is 25.7 Å². The van der Waals surface area contributed by atoms with E-state index >= 15 is 0 Å². The number of aliphatic hydroxyl groups is 1. The third kappa shape index (κ3) is 4.48. The van der Waals surface area contributed by atoms with Crippen LogP contribution in [0.15, 0.2) is 24.3 Å². The largest absolute Gasteiger partial charge is 0.396 e. The summed E-state index contributed by atoms with van der Waals surface area (Å²) in [5.41, 5.74) is 2.94. The predicted octanol–water partition coefficient (Wildman–Crippen LogP) is 3.20. The Morgan fingerprint density at radius 3 is 2.33 bits per heavy atom. The molecule has 1 rings (SSSR count). The first-order chi connectivity index (χ1) is 7.24. The van der Waals surface area contributed by atoms with Crippen molar-refractivity contribution < 1.29 is 5.11 Å². The Balaban J connectivity index is 2.60. The Bertz CT molecular complexity index is 278. The van der Waals surface area contributed by atoms with Crippen LogP contribution in [0.3, 0.4) is 0 Å². The van der Waals surface area contributed by atoms with E-state index in [4.69, 9.17) is 5.11 Å². The van der Waals surface area contributed by atoms with Crippen molar-refractivity contribution in [3.05, 3.63) is 35.4 Å². The molecule has 0 aliphatic rings. The van der Waals surface area contributed by atoms with Crippen molar-refractivity contribution >= 4 is 0 Å². The molecule has 1 aromatic rings. The van der Waals surface area contributed by atoms with E-state index in [2.05, 4.69) is 38.1 Å². The SMILES string of the molecule is CC(C)Cc1ccccc1CCCCO. The third-order valence-corrected chi connectivity index (χ3v) is 2.60. The van der Waals surface area contributed by atoms with Crippen LogP contribution in [0, 0.1) is 5.92 Å². The fraction of sp³-hybridized carbons (Fsp3) is 0.571. The van der Waals surface area contributed by atoms with Gasteiger partial charge in [0.2, 0.25) is 0 Å². The Labute approximate surface area is 93.1 Å². The fourth-order valence-corrected chi connectivity index (χ4v) is 1.87. The maximum absolute atomic E-state index is 8.76. The van der Waals surface area contributed by atoms with Crippen LogP contribution in [-0.4, -0.2) is 11.7 Å². The zero-order valence-electron chi connectivity index (χ0n) is 9.87. The van der Waals surface area contributed by atoms with Crippen molar-refractivity contribution in [2.75, 3.05) is 6.61 Å². The van der Waals surface area contributed by atoms with Crippen LogP contribution in [0.1, 0.15) is 37.8 Å². The molecule has 0 heterocycles. The molecule has 0 spiro atoms. The van der Waals surface area contributed by atoms with Crippen LogP contribution in [0.5, 0.6) is 0 Å². The van der Waals surface area contributed by atoms with Gasteiger partial charge in [-0.2, -0.15) is 0 Å². The molecule has 0 bridgehead atoms. The zero-order valence-corrected chi connectivity index (χ0v) is 9.87. The first kappa shape index (κ1) is 12.3. The molecular formula is C14H22O. The standard InChI is InChI=1S/C14H22O/c1-12(2)11-14-9-4-3-7-13(14)8-5-6-10-15/h3-4,7,9,12,15H,5-6,8,10-11H2,1-2H3. The lowest BCUT2D eigenvalue weighted by Crippen LogP contribution is -2.00. The summed E-state index contributed by atoms with van der Waals surface area (Å²) < 4.78 is 0. The quantitative estimate of drug-likeness (QED) is 0.709. The normalized spacial score (nSPS) is 10.9. The molecule has 0 unspecified atom stereocenters. The number of unbranched alkanes of at least 4 members (excludes halogenated alkanes) is 1. The topological polar surface area (TPSA) is 20.2 Å². The molecule has 0 saturated carbocycles. The molecule has 1 nitrogen and oxygen atoms in total. The smallest absolute Gasteiger partial charge is 0.0431 e. The van der Waals surface area contributed by atoms with Crippen LogP contribution in [0.4, 0.5) is 0 Å². The van der Waals surface area contributed by atoms with Crippen molar-refractivity contribution in [2.45, 2.75) is 39.5 Å². The van der Waals surface area contributed by atoms with Gasteiger partial charge < -0.3 is 5.11 Å². The summed E-state index contributed by atoms with van der Waals surface area (Å²) in [7, 11) is 0. The summed E-state index contributed by atoms with van der Waals surface area (Å²) in [5, 5.41) is 8.76. The van der Waals surface area contributed by atoms with E-state index in [0.29, 0.717) is 12.5 Å². The van der Waals surface area contributed by atoms with Gasteiger partial charge in [0.1, 0.15) is 0 Å². The van der Waals surface area contributed by atoms with Gasteiger partial charge in [-0.3, -0.25) is 0 Å². The van der Waals surface area contributed by atoms with Crippen molar-refractivity contribution in [3.8, 4) is 0 Å². The van der Waals surface area contributed by atoms with Crippen LogP contribution < -0.4 is 0 Å². The van der Waals surface area contributed by atoms with Crippen molar-refractivity contribution in [3.63, 3.8) is 0 Å². The summed E-state index contributed by atoms with van der Waals surface area (Å²) in [6, 6.07) is 8.68. The minimum atomic E-state index is 0.312. The number of benzene rings is 1. The molecule has 0 radical (unpaired) electrons. The zero-order chi connectivity index (χ0) is 11.1. The van der Waals surface area contributed by atoms with E-state index in [1.165, 1.54) is 11.1 Å². The number of aliphatic hydroxyl groups excluding tert-OH is 1. The molecule has 1 heteroatoms. The lowest BCUT2D eigenvalue weighted by molar-refractivity contribution is 0.284. The van der Waals surface area contributed by atoms with Crippen LogP contribution in [-0.2, 0) is 12.8 Å². The second-order valence-corrected chi connectivity index (χ2v) is 4.55. The van der Waals surface area contributed by atoms with E-state index in [-0.39, 0.29) is 0 Å². The molecule has 0 atom stereocenters. The molecule has 0 saturated heterocycles. The van der Waals surface area contributed by atoms with Crippen LogP contribution in [0.2, 0.25) is 0 Å². The van der Waals surface area contributed by atoms with Gasteiger partial charge in [-0.15, -0.1) is 0 Å². The van der Waals surface area contributed by atoms with E-state index < -0.39 is 0 Å². The second-order valence-electron chi connectivity index (χ2n) is 4.55. The Morgan fingerprint density at radius 2 is 1.73 bits per heavy atom. The van der Waals surface area contributed by atoms with Crippen molar-refractivity contribution in [2.24, 2.45) is 5.92 Å². The maximum atomic E-state index is 8.76. The van der Waals surface area contributed by atoms with Crippen LogP contribution in [0.25, 0.3) is 0 Å². The van der Waals surface area contributed by atoms with Gasteiger partial charge >= 0.3 is 0 Å². The number of aryl methyl sites for hydroxylation is 1. The van der Waals surface area contributed by atoms with E-state index in [9.17, 15) is 0 Å². The van der Waals surface area contributed by atoms with Gasteiger partial charge in [0, 0.05) is 6.61 Å². The van der Waals surface area contributed by atoms with Gasteiger partial charge in [0.25, 0.3) is 0 Å². The third-order valence-electron chi connectivity index (χ3n) is 2.60. The van der Waals surface area contributed by atoms with Gasteiger partial charge in [-0.1, -0.05) is 38.1 Å². The minimum Gasteiger partial charge on any atom is -0.396 e. The molecule has 1 aromatic carbocycles. The molecule has 0 aliphatic carbocycles. The average Bonchev–Trinajstić information content (AvgIpc) is 2.20. The maximum Gasteiger partial charge on any atom is 0.0431 e. The van der Waals surface area contributed by atoms with Crippen molar-refractivity contribution in [1.82, 2.24) is 0 Å². The molecular weight excluding hydrogens is 184 g/mol. The first-order valence-electron chi connectivity index (χ1n) is 5.91. The highest BCUT2D eigenvalue weighted by Gasteiger charge is 2.03. The lowest BCUT2D eigenvalue weighted by Gasteiger charge is -2.11. The summed E-state index contributed by atoms with van der Waals surface area (Å²) in [4.78, 5) is 0. The minimum absolute atomic E-state index is 0.312. The highest BCUT2D eigenvalue weighted by molar-refractivity contribution is 5.27. The fourth-order valence-electron chi connectivity index (χ4n) is 1.87. The molecule has 0 amide bonds. The Kier molecular flexibility index (Phi) is 5.41. The van der Waals surface area contributed by atoms with E-state index in [1.807, 2.05) is 0 Å². The van der Waals surface area contributed by atoms with Gasteiger partial charge in [-0.05, 0) is 42.7 Å².